The van der Waals surface area contributed by atoms with Gasteiger partial charge in [-0.1, -0.05) is 0 Å². The van der Waals surface area contributed by atoms with Gasteiger partial charge in [0, 0.05) is 31.8 Å². The van der Waals surface area contributed by atoms with Crippen molar-refractivity contribution >= 4 is 27.5 Å². The first kappa shape index (κ1) is 21.6. The number of aryl methyl sites for hydroxylation is 3. The highest BCUT2D eigenvalue weighted by Gasteiger charge is 2.37. The standard InChI is InChI=1S/C22H21F3N6OS/c1-11-7-13(8-16-18(11)26-10-33-16)21(32)31-6-5-14-19(12(31)2)28-30(4)20(14)15-9-17(22(23,24)25)29(3)27-15/h7-10,12H,5-6H2,1-4H3/t12-/m0/s1. The Morgan fingerprint density at radius 1 is 1.15 bits per heavy atom. The maximum atomic E-state index is 13.4. The quantitative estimate of drug-likeness (QED) is 0.429. The molecule has 11 heteroatoms. The van der Waals surface area contributed by atoms with Crippen molar-refractivity contribution in [2.45, 2.75) is 32.5 Å². The third-order valence-electron chi connectivity index (χ3n) is 6.19. The molecule has 0 aliphatic carbocycles. The topological polar surface area (TPSA) is 68.8 Å². The van der Waals surface area contributed by atoms with Gasteiger partial charge in [-0.2, -0.15) is 23.4 Å². The normalized spacial score (nSPS) is 16.5. The lowest BCUT2D eigenvalue weighted by Crippen LogP contribution is -2.39. The van der Waals surface area contributed by atoms with Crippen molar-refractivity contribution in [3.63, 3.8) is 0 Å². The number of carbonyl (C=O) groups is 1. The number of aromatic nitrogens is 5. The Morgan fingerprint density at radius 2 is 1.91 bits per heavy atom. The van der Waals surface area contributed by atoms with Crippen molar-refractivity contribution < 1.29 is 18.0 Å². The first-order chi connectivity index (χ1) is 15.6. The zero-order valence-corrected chi connectivity index (χ0v) is 19.3. The molecule has 1 aliphatic heterocycles. The highest BCUT2D eigenvalue weighted by Crippen LogP contribution is 2.38. The van der Waals surface area contributed by atoms with Gasteiger partial charge >= 0.3 is 6.18 Å². The maximum Gasteiger partial charge on any atom is 0.433 e. The fraction of sp³-hybridized carbons (Fsp3) is 0.364. The third-order valence-corrected chi connectivity index (χ3v) is 6.97. The number of alkyl halides is 3. The third kappa shape index (κ3) is 3.41. The van der Waals surface area contributed by atoms with E-state index in [0.29, 0.717) is 29.9 Å². The number of nitrogens with zero attached hydrogens (tertiary/aromatic N) is 6. The van der Waals surface area contributed by atoms with Crippen molar-refractivity contribution in [2.24, 2.45) is 14.1 Å². The van der Waals surface area contributed by atoms with E-state index in [1.165, 1.54) is 18.4 Å². The average Bonchev–Trinajstić information content (AvgIpc) is 3.44. The first-order valence-corrected chi connectivity index (χ1v) is 11.3. The molecule has 1 atom stereocenters. The van der Waals surface area contributed by atoms with Crippen LogP contribution < -0.4 is 0 Å². The Balaban J connectivity index is 1.50. The Kier molecular flexibility index (Phi) is 4.85. The van der Waals surface area contributed by atoms with Crippen LogP contribution in [0.1, 0.15) is 45.8 Å². The number of thiazole rings is 1. The van der Waals surface area contributed by atoms with Gasteiger partial charge in [0.1, 0.15) is 11.4 Å². The van der Waals surface area contributed by atoms with Crippen LogP contribution in [0.2, 0.25) is 0 Å². The van der Waals surface area contributed by atoms with Crippen LogP contribution in [0.3, 0.4) is 0 Å². The second-order valence-electron chi connectivity index (χ2n) is 8.29. The molecular formula is C22H21F3N6OS. The van der Waals surface area contributed by atoms with Gasteiger partial charge in [-0.05, 0) is 44.0 Å². The van der Waals surface area contributed by atoms with Crippen molar-refractivity contribution in [3.05, 3.63) is 51.8 Å². The molecule has 4 aromatic rings. The van der Waals surface area contributed by atoms with Crippen LogP contribution in [0.25, 0.3) is 21.6 Å². The Morgan fingerprint density at radius 3 is 2.61 bits per heavy atom. The van der Waals surface area contributed by atoms with Gasteiger partial charge in [-0.15, -0.1) is 11.3 Å². The molecule has 1 amide bonds. The van der Waals surface area contributed by atoms with E-state index in [2.05, 4.69) is 15.2 Å². The fourth-order valence-corrected chi connectivity index (χ4v) is 5.41. The molecule has 0 bridgehead atoms. The van der Waals surface area contributed by atoms with Gasteiger partial charge in [-0.3, -0.25) is 14.2 Å². The maximum absolute atomic E-state index is 13.4. The molecule has 5 rings (SSSR count). The van der Waals surface area contributed by atoms with Crippen LogP contribution in [-0.2, 0) is 26.7 Å². The van der Waals surface area contributed by atoms with Crippen molar-refractivity contribution in [1.29, 1.82) is 0 Å². The molecule has 1 aliphatic rings. The van der Waals surface area contributed by atoms with E-state index in [1.807, 2.05) is 26.0 Å². The fourth-order valence-electron chi connectivity index (χ4n) is 4.62. The Hall–Kier alpha value is -3.21. The first-order valence-electron chi connectivity index (χ1n) is 10.4. The minimum Gasteiger partial charge on any atom is -0.330 e. The predicted molar refractivity (Wildman–Crippen MR) is 118 cm³/mol. The smallest absolute Gasteiger partial charge is 0.330 e. The molecule has 1 aromatic carbocycles. The number of fused-ring (bicyclic) bond motifs is 2. The van der Waals surface area contributed by atoms with Crippen LogP contribution in [0.5, 0.6) is 0 Å². The predicted octanol–water partition coefficient (Wildman–Crippen LogP) is 4.52. The zero-order valence-electron chi connectivity index (χ0n) is 18.4. The SMILES string of the molecule is Cc1cc(C(=O)N2CCc3c(nn(C)c3-c3cc(C(F)(F)F)n(C)n3)[C@@H]2C)cc2scnc12. The van der Waals surface area contributed by atoms with Gasteiger partial charge in [0.05, 0.1) is 33.2 Å². The summed E-state index contributed by atoms with van der Waals surface area (Å²) < 4.78 is 43.2. The summed E-state index contributed by atoms with van der Waals surface area (Å²) in [5, 5.41) is 8.68. The van der Waals surface area contributed by atoms with Gasteiger partial charge in [-0.25, -0.2) is 4.98 Å². The number of rotatable bonds is 2. The average molecular weight is 475 g/mol. The van der Waals surface area contributed by atoms with E-state index < -0.39 is 11.9 Å². The van der Waals surface area contributed by atoms with E-state index >= 15 is 0 Å². The molecule has 3 aromatic heterocycles. The van der Waals surface area contributed by atoms with Gasteiger partial charge in [0.15, 0.2) is 0 Å². The van der Waals surface area contributed by atoms with Crippen LogP contribution in [-0.4, -0.2) is 41.9 Å². The largest absolute Gasteiger partial charge is 0.433 e. The minimum absolute atomic E-state index is 0.101. The highest BCUT2D eigenvalue weighted by atomic mass is 32.1. The van der Waals surface area contributed by atoms with Crippen LogP contribution in [0.4, 0.5) is 13.2 Å². The summed E-state index contributed by atoms with van der Waals surface area (Å²) in [7, 11) is 2.97. The zero-order chi connectivity index (χ0) is 23.7. The lowest BCUT2D eigenvalue weighted by molar-refractivity contribution is -0.143. The molecule has 4 heterocycles. The molecular weight excluding hydrogens is 453 g/mol. The van der Waals surface area contributed by atoms with Crippen molar-refractivity contribution in [2.75, 3.05) is 6.54 Å². The molecule has 33 heavy (non-hydrogen) atoms. The molecule has 0 N–H and O–H groups in total. The van der Waals surface area contributed by atoms with Crippen LogP contribution in [0, 0.1) is 6.92 Å². The van der Waals surface area contributed by atoms with E-state index in [-0.39, 0.29) is 17.6 Å². The molecule has 172 valence electrons. The molecule has 0 spiro atoms. The van der Waals surface area contributed by atoms with E-state index in [0.717, 1.165) is 32.1 Å². The summed E-state index contributed by atoms with van der Waals surface area (Å²) in [6, 6.07) is 4.43. The summed E-state index contributed by atoms with van der Waals surface area (Å²) in [6.45, 7) is 4.26. The minimum atomic E-state index is -4.49. The molecule has 0 fully saturated rings. The Bertz CT molecular complexity index is 1400. The molecule has 0 saturated heterocycles. The Labute approximate surface area is 191 Å². The lowest BCUT2D eigenvalue weighted by atomic mass is 9.96. The molecule has 0 saturated carbocycles. The molecule has 7 nitrogen and oxygen atoms in total. The van der Waals surface area contributed by atoms with E-state index in [9.17, 15) is 18.0 Å². The summed E-state index contributed by atoms with van der Waals surface area (Å²) in [6.07, 6.45) is -4.01. The number of amides is 1. The highest BCUT2D eigenvalue weighted by molar-refractivity contribution is 7.16. The monoisotopic (exact) mass is 474 g/mol. The summed E-state index contributed by atoms with van der Waals surface area (Å²) in [4.78, 5) is 19.5. The summed E-state index contributed by atoms with van der Waals surface area (Å²) >= 11 is 1.49. The molecule has 0 unspecified atom stereocenters. The van der Waals surface area contributed by atoms with Crippen molar-refractivity contribution in [1.82, 2.24) is 29.4 Å². The number of halogens is 3. The second kappa shape index (κ2) is 7.41. The molecule has 0 radical (unpaired) electrons. The number of hydrogen-bond acceptors (Lipinski definition) is 5. The van der Waals surface area contributed by atoms with Gasteiger partial charge < -0.3 is 4.90 Å². The summed E-state index contributed by atoms with van der Waals surface area (Å²) in [5.74, 6) is -0.101. The lowest BCUT2D eigenvalue weighted by Gasteiger charge is -2.33. The van der Waals surface area contributed by atoms with Crippen LogP contribution >= 0.6 is 11.3 Å². The van der Waals surface area contributed by atoms with Crippen molar-refractivity contribution in [3.8, 4) is 11.4 Å². The number of carbonyl (C=O) groups excluding carboxylic acids is 1. The number of benzene rings is 1. The number of hydrogen-bond donors (Lipinski definition) is 0. The van der Waals surface area contributed by atoms with E-state index in [4.69, 9.17) is 0 Å². The van der Waals surface area contributed by atoms with E-state index in [1.54, 1.807) is 22.1 Å². The van der Waals surface area contributed by atoms with Gasteiger partial charge in [0.25, 0.3) is 5.91 Å². The van der Waals surface area contributed by atoms with Gasteiger partial charge in [0.2, 0.25) is 0 Å². The second-order valence-corrected chi connectivity index (χ2v) is 9.18. The summed E-state index contributed by atoms with van der Waals surface area (Å²) in [5.41, 5.74) is 5.66. The van der Waals surface area contributed by atoms with Crippen LogP contribution in [0.15, 0.2) is 23.7 Å².